The van der Waals surface area contributed by atoms with Crippen molar-refractivity contribution >= 4 is 11.4 Å². The predicted octanol–water partition coefficient (Wildman–Crippen LogP) is 3.18. The van der Waals surface area contributed by atoms with Crippen molar-refractivity contribution < 1.29 is 13.9 Å². The van der Waals surface area contributed by atoms with Crippen LogP contribution >= 0.6 is 0 Å². The van der Waals surface area contributed by atoms with Gasteiger partial charge in [0.15, 0.2) is 11.6 Å². The molecule has 1 aliphatic rings. The van der Waals surface area contributed by atoms with Gasteiger partial charge >= 0.3 is 0 Å². The number of rotatable bonds is 5. The fourth-order valence-corrected chi connectivity index (χ4v) is 2.31. The number of nitrogens with two attached hydrogens (primary N) is 1. The van der Waals surface area contributed by atoms with E-state index in [9.17, 15) is 4.39 Å². The number of benzene rings is 1. The van der Waals surface area contributed by atoms with Gasteiger partial charge < -0.3 is 20.5 Å². The van der Waals surface area contributed by atoms with Crippen LogP contribution in [0.5, 0.6) is 5.75 Å². The van der Waals surface area contributed by atoms with Crippen LogP contribution in [0, 0.1) is 5.82 Å². The van der Waals surface area contributed by atoms with Gasteiger partial charge in [-0.25, -0.2) is 4.39 Å². The van der Waals surface area contributed by atoms with Crippen molar-refractivity contribution in [2.75, 3.05) is 24.3 Å². The van der Waals surface area contributed by atoms with E-state index in [0.717, 1.165) is 12.8 Å². The molecule has 0 radical (unpaired) electrons. The second kappa shape index (κ2) is 5.87. The predicted molar refractivity (Wildman–Crippen MR) is 78.7 cm³/mol. The molecule has 0 aromatic heterocycles. The summed E-state index contributed by atoms with van der Waals surface area (Å²) in [6, 6.07) is 2.94. The zero-order valence-corrected chi connectivity index (χ0v) is 12.3. The highest BCUT2D eigenvalue weighted by Gasteiger charge is 2.37. The zero-order chi connectivity index (χ0) is 14.8. The summed E-state index contributed by atoms with van der Waals surface area (Å²) in [6.07, 6.45) is 1.79. The molecule has 4 nitrogen and oxygen atoms in total. The first-order valence-corrected chi connectivity index (χ1v) is 7.08. The Hall–Kier alpha value is -1.49. The lowest BCUT2D eigenvalue weighted by Crippen LogP contribution is -2.41. The van der Waals surface area contributed by atoms with Gasteiger partial charge in [-0.05, 0) is 26.7 Å². The van der Waals surface area contributed by atoms with Crippen molar-refractivity contribution in [1.82, 2.24) is 0 Å². The number of anilines is 2. The van der Waals surface area contributed by atoms with Gasteiger partial charge in [-0.2, -0.15) is 0 Å². The average molecular weight is 282 g/mol. The maximum atomic E-state index is 13.8. The van der Waals surface area contributed by atoms with E-state index in [1.807, 2.05) is 13.8 Å². The van der Waals surface area contributed by atoms with E-state index >= 15 is 0 Å². The van der Waals surface area contributed by atoms with Crippen molar-refractivity contribution in [3.8, 4) is 5.75 Å². The Labute approximate surface area is 119 Å². The van der Waals surface area contributed by atoms with Crippen molar-refractivity contribution in [3.63, 3.8) is 0 Å². The van der Waals surface area contributed by atoms with Crippen molar-refractivity contribution in [1.29, 1.82) is 0 Å². The highest BCUT2D eigenvalue weighted by atomic mass is 19.1. The summed E-state index contributed by atoms with van der Waals surface area (Å²) in [7, 11) is 0. The fourth-order valence-electron chi connectivity index (χ4n) is 2.31. The number of hydrogen-bond donors (Lipinski definition) is 2. The monoisotopic (exact) mass is 282 g/mol. The Kier molecular flexibility index (Phi) is 4.38. The zero-order valence-electron chi connectivity index (χ0n) is 12.3. The molecule has 3 N–H and O–H groups in total. The SMILES string of the molecule is CCCOc1cc(NC2(C)CCOC2C)c(N)cc1F. The topological polar surface area (TPSA) is 56.5 Å². The molecule has 1 aromatic carbocycles. The normalized spacial score (nSPS) is 25.7. The number of hydrogen-bond acceptors (Lipinski definition) is 4. The smallest absolute Gasteiger partial charge is 0.167 e. The van der Waals surface area contributed by atoms with Gasteiger partial charge in [0, 0.05) is 18.7 Å². The molecular weight excluding hydrogens is 259 g/mol. The third kappa shape index (κ3) is 2.98. The van der Waals surface area contributed by atoms with Gasteiger partial charge in [0.25, 0.3) is 0 Å². The van der Waals surface area contributed by atoms with Crippen LogP contribution in [0.4, 0.5) is 15.8 Å². The van der Waals surface area contributed by atoms with Crippen LogP contribution in [-0.2, 0) is 4.74 Å². The number of halogens is 1. The molecule has 1 fully saturated rings. The molecular formula is C15H23FN2O2. The van der Waals surface area contributed by atoms with Gasteiger partial charge in [0.1, 0.15) is 0 Å². The highest BCUT2D eigenvalue weighted by molar-refractivity contribution is 5.69. The van der Waals surface area contributed by atoms with E-state index in [2.05, 4.69) is 12.2 Å². The maximum Gasteiger partial charge on any atom is 0.167 e. The molecule has 0 saturated carbocycles. The fraction of sp³-hybridized carbons (Fsp3) is 0.600. The summed E-state index contributed by atoms with van der Waals surface area (Å²) in [5.74, 6) is -0.193. The Bertz CT molecular complexity index is 481. The summed E-state index contributed by atoms with van der Waals surface area (Å²) in [6.45, 7) is 7.28. The third-order valence-corrected chi connectivity index (χ3v) is 3.87. The van der Waals surface area contributed by atoms with E-state index in [0.29, 0.717) is 24.6 Å². The van der Waals surface area contributed by atoms with Crippen molar-refractivity contribution in [2.45, 2.75) is 45.3 Å². The second-order valence-electron chi connectivity index (χ2n) is 5.52. The van der Waals surface area contributed by atoms with Gasteiger partial charge in [-0.3, -0.25) is 0 Å². The van der Waals surface area contributed by atoms with Crippen molar-refractivity contribution in [2.24, 2.45) is 0 Å². The molecule has 1 heterocycles. The first-order valence-electron chi connectivity index (χ1n) is 7.08. The number of nitrogens with one attached hydrogen (secondary N) is 1. The molecule has 2 atom stereocenters. The van der Waals surface area contributed by atoms with E-state index in [1.165, 1.54) is 6.07 Å². The largest absolute Gasteiger partial charge is 0.490 e. The minimum absolute atomic E-state index is 0.0759. The molecule has 0 spiro atoms. The second-order valence-corrected chi connectivity index (χ2v) is 5.52. The third-order valence-electron chi connectivity index (χ3n) is 3.87. The summed E-state index contributed by atoms with van der Waals surface area (Å²) in [4.78, 5) is 0. The molecule has 5 heteroatoms. The first-order chi connectivity index (χ1) is 9.46. The number of ether oxygens (including phenoxy) is 2. The minimum Gasteiger partial charge on any atom is -0.490 e. The maximum absolute atomic E-state index is 13.8. The summed E-state index contributed by atoms with van der Waals surface area (Å²) in [5.41, 5.74) is 6.78. The average Bonchev–Trinajstić information content (AvgIpc) is 2.71. The van der Waals surface area contributed by atoms with Crippen LogP contribution in [0.1, 0.15) is 33.6 Å². The molecule has 0 bridgehead atoms. The van der Waals surface area contributed by atoms with Crippen LogP contribution in [-0.4, -0.2) is 24.9 Å². The van der Waals surface area contributed by atoms with E-state index < -0.39 is 5.82 Å². The standard InChI is InChI=1S/C15H23FN2O2/c1-4-6-20-14-9-13(12(17)8-11(14)16)18-15(3)5-7-19-10(15)2/h8-10,18H,4-7,17H2,1-3H3. The lowest BCUT2D eigenvalue weighted by atomic mass is 9.94. The molecule has 2 unspecified atom stereocenters. The van der Waals surface area contributed by atoms with Crippen LogP contribution in [0.3, 0.4) is 0 Å². The summed E-state index contributed by atoms with van der Waals surface area (Å²) < 4.78 is 24.8. The molecule has 1 aliphatic heterocycles. The van der Waals surface area contributed by atoms with Crippen LogP contribution in [0.25, 0.3) is 0 Å². The molecule has 2 rings (SSSR count). The van der Waals surface area contributed by atoms with Crippen LogP contribution in [0.2, 0.25) is 0 Å². The van der Waals surface area contributed by atoms with Gasteiger partial charge in [0.05, 0.1) is 29.6 Å². The van der Waals surface area contributed by atoms with Crippen molar-refractivity contribution in [3.05, 3.63) is 17.9 Å². The first kappa shape index (κ1) is 14.9. The molecule has 0 aliphatic carbocycles. The molecule has 1 aromatic rings. The molecule has 112 valence electrons. The van der Waals surface area contributed by atoms with Crippen LogP contribution in [0.15, 0.2) is 12.1 Å². The highest BCUT2D eigenvalue weighted by Crippen LogP contribution is 2.34. The van der Waals surface area contributed by atoms with Crippen LogP contribution < -0.4 is 15.8 Å². The van der Waals surface area contributed by atoms with E-state index in [4.69, 9.17) is 15.2 Å². The summed E-state index contributed by atoms with van der Waals surface area (Å²) >= 11 is 0. The summed E-state index contributed by atoms with van der Waals surface area (Å²) in [5, 5.41) is 3.38. The van der Waals surface area contributed by atoms with Gasteiger partial charge in [-0.15, -0.1) is 0 Å². The Balaban J connectivity index is 2.22. The van der Waals surface area contributed by atoms with Gasteiger partial charge in [-0.1, -0.05) is 6.92 Å². The Morgan fingerprint density at radius 2 is 2.30 bits per heavy atom. The Morgan fingerprint density at radius 1 is 1.55 bits per heavy atom. The Morgan fingerprint density at radius 3 is 2.90 bits per heavy atom. The molecule has 0 amide bonds. The van der Waals surface area contributed by atoms with E-state index in [-0.39, 0.29) is 17.4 Å². The molecule has 20 heavy (non-hydrogen) atoms. The van der Waals surface area contributed by atoms with Gasteiger partial charge in [0.2, 0.25) is 0 Å². The lowest BCUT2D eigenvalue weighted by Gasteiger charge is -2.31. The lowest BCUT2D eigenvalue weighted by molar-refractivity contribution is 0.105. The minimum atomic E-state index is -0.428. The molecule has 1 saturated heterocycles. The van der Waals surface area contributed by atoms with E-state index in [1.54, 1.807) is 6.07 Å². The number of nitrogen functional groups attached to an aromatic ring is 1. The quantitative estimate of drug-likeness (QED) is 0.814.